The van der Waals surface area contributed by atoms with Crippen LogP contribution in [0.1, 0.15) is 26.7 Å². The summed E-state index contributed by atoms with van der Waals surface area (Å²) in [5, 5.41) is 2.68. The minimum atomic E-state index is 0.186. The van der Waals surface area contributed by atoms with Crippen molar-refractivity contribution >= 4 is 33.6 Å². The Balaban J connectivity index is 2.54. The minimum absolute atomic E-state index is 0.186. The molecule has 1 unspecified atom stereocenters. The molecule has 1 atom stereocenters. The van der Waals surface area contributed by atoms with E-state index in [9.17, 15) is 4.79 Å². The van der Waals surface area contributed by atoms with Crippen molar-refractivity contribution in [3.63, 3.8) is 0 Å². The third-order valence-corrected chi connectivity index (χ3v) is 3.68. The number of methoxy groups -OCH3 is 1. The molecule has 0 aliphatic carbocycles. The van der Waals surface area contributed by atoms with Crippen LogP contribution in [0.25, 0.3) is 0 Å². The molecule has 0 bridgehead atoms. The van der Waals surface area contributed by atoms with Crippen molar-refractivity contribution in [3.8, 4) is 0 Å². The molecule has 1 heterocycles. The van der Waals surface area contributed by atoms with Crippen LogP contribution in [0, 0.1) is 0 Å². The van der Waals surface area contributed by atoms with Gasteiger partial charge in [-0.25, -0.2) is 4.98 Å². The van der Waals surface area contributed by atoms with E-state index in [0.29, 0.717) is 12.3 Å². The number of carbonyl (C=O) groups excluding carboxylic acids is 1. The highest BCUT2D eigenvalue weighted by Crippen LogP contribution is 2.28. The van der Waals surface area contributed by atoms with Crippen molar-refractivity contribution in [1.82, 2.24) is 4.98 Å². The van der Waals surface area contributed by atoms with Crippen LogP contribution < -0.4 is 0 Å². The Hall–Kier alpha value is -0.260. The van der Waals surface area contributed by atoms with Gasteiger partial charge in [0.2, 0.25) is 0 Å². The van der Waals surface area contributed by atoms with E-state index in [1.165, 1.54) is 11.3 Å². The molecule has 0 fully saturated rings. The zero-order valence-electron chi connectivity index (χ0n) is 7.20. The van der Waals surface area contributed by atoms with E-state index in [0.717, 1.165) is 17.7 Å². The van der Waals surface area contributed by atoms with Crippen LogP contribution >= 0.6 is 27.3 Å². The first-order valence-corrected chi connectivity index (χ1v) is 5.61. The summed E-state index contributed by atoms with van der Waals surface area (Å²) in [4.78, 5) is 14.7. The van der Waals surface area contributed by atoms with E-state index in [1.807, 2.05) is 0 Å². The number of hydrogen-bond acceptors (Lipinski definition) is 4. The third-order valence-electron chi connectivity index (χ3n) is 1.50. The van der Waals surface area contributed by atoms with Gasteiger partial charge in [0.15, 0.2) is 6.29 Å². The van der Waals surface area contributed by atoms with Crippen molar-refractivity contribution in [2.24, 2.45) is 0 Å². The average molecular weight is 264 g/mol. The molecule has 0 saturated heterocycles. The summed E-state index contributed by atoms with van der Waals surface area (Å²) >= 11 is 4.97. The predicted octanol–water partition coefficient (Wildman–Crippen LogP) is 2.43. The Morgan fingerprint density at radius 2 is 2.62 bits per heavy atom. The highest BCUT2D eigenvalue weighted by atomic mass is 79.9. The monoisotopic (exact) mass is 263 g/mol. The lowest BCUT2D eigenvalue weighted by molar-refractivity contribution is 0.111. The summed E-state index contributed by atoms with van der Waals surface area (Å²) in [6.07, 6.45) is 1.62. The van der Waals surface area contributed by atoms with Crippen molar-refractivity contribution < 1.29 is 9.53 Å². The quantitative estimate of drug-likeness (QED) is 0.605. The molecule has 72 valence electrons. The molecule has 0 spiro atoms. The molecular weight excluding hydrogens is 254 g/mol. The maximum absolute atomic E-state index is 10.4. The summed E-state index contributed by atoms with van der Waals surface area (Å²) in [7, 11) is 1.67. The van der Waals surface area contributed by atoms with Gasteiger partial charge in [0.05, 0.1) is 4.83 Å². The summed E-state index contributed by atoms with van der Waals surface area (Å²) in [6, 6.07) is 0. The van der Waals surface area contributed by atoms with E-state index in [4.69, 9.17) is 4.74 Å². The van der Waals surface area contributed by atoms with Gasteiger partial charge in [0, 0.05) is 19.1 Å². The maximum Gasteiger partial charge on any atom is 0.169 e. The molecule has 1 aromatic rings. The first kappa shape index (κ1) is 10.8. The van der Waals surface area contributed by atoms with Crippen LogP contribution in [0.15, 0.2) is 5.38 Å². The number of thiazole rings is 1. The third kappa shape index (κ3) is 3.17. The molecule has 0 aliphatic rings. The van der Waals surface area contributed by atoms with Crippen LogP contribution in [0.3, 0.4) is 0 Å². The normalized spacial score (nSPS) is 12.8. The van der Waals surface area contributed by atoms with Crippen molar-refractivity contribution in [1.29, 1.82) is 0 Å². The Kier molecular flexibility index (Phi) is 4.55. The Morgan fingerprint density at radius 1 is 1.85 bits per heavy atom. The van der Waals surface area contributed by atoms with Crippen LogP contribution in [0.2, 0.25) is 0 Å². The number of carbonyl (C=O) groups is 1. The number of aromatic nitrogens is 1. The predicted molar refractivity (Wildman–Crippen MR) is 55.7 cm³/mol. The minimum Gasteiger partial charge on any atom is -0.385 e. The molecule has 0 radical (unpaired) electrons. The van der Waals surface area contributed by atoms with E-state index < -0.39 is 0 Å². The summed E-state index contributed by atoms with van der Waals surface area (Å²) < 4.78 is 4.94. The van der Waals surface area contributed by atoms with Crippen molar-refractivity contribution in [2.45, 2.75) is 11.2 Å². The van der Waals surface area contributed by atoms with Crippen LogP contribution in [-0.4, -0.2) is 25.0 Å². The zero-order valence-corrected chi connectivity index (χ0v) is 9.60. The van der Waals surface area contributed by atoms with Crippen LogP contribution in [0.4, 0.5) is 0 Å². The number of hydrogen-bond donors (Lipinski definition) is 0. The van der Waals surface area contributed by atoms with Gasteiger partial charge in [-0.1, -0.05) is 15.9 Å². The topological polar surface area (TPSA) is 39.2 Å². The summed E-state index contributed by atoms with van der Waals surface area (Å²) in [5.74, 6) is 0. The first-order valence-electron chi connectivity index (χ1n) is 3.81. The lowest BCUT2D eigenvalue weighted by Crippen LogP contribution is -1.95. The molecule has 0 saturated carbocycles. The Bertz CT molecular complexity index is 277. The Morgan fingerprint density at radius 3 is 3.15 bits per heavy atom. The smallest absolute Gasteiger partial charge is 0.169 e. The van der Waals surface area contributed by atoms with Crippen LogP contribution in [0.5, 0.6) is 0 Å². The largest absolute Gasteiger partial charge is 0.385 e. The van der Waals surface area contributed by atoms with Gasteiger partial charge >= 0.3 is 0 Å². The average Bonchev–Trinajstić information content (AvgIpc) is 2.62. The number of aldehydes is 1. The summed E-state index contributed by atoms with van der Waals surface area (Å²) in [5.41, 5.74) is 0.502. The molecule has 0 aromatic carbocycles. The summed E-state index contributed by atoms with van der Waals surface area (Å²) in [6.45, 7) is 0.686. The standard InChI is InChI=1S/C8H10BrNO2S/c1-12-3-2-7(9)8-10-6(4-11)5-13-8/h4-5,7H,2-3H2,1H3. The molecular formula is C8H10BrNO2S. The zero-order chi connectivity index (χ0) is 9.68. The molecule has 0 amide bonds. The molecule has 13 heavy (non-hydrogen) atoms. The van der Waals surface area contributed by atoms with Gasteiger partial charge in [-0.3, -0.25) is 4.79 Å². The van der Waals surface area contributed by atoms with Gasteiger partial charge in [-0.15, -0.1) is 11.3 Å². The van der Waals surface area contributed by atoms with E-state index >= 15 is 0 Å². The second-order valence-corrected chi connectivity index (χ2v) is 4.47. The SMILES string of the molecule is COCCC(Br)c1nc(C=O)cs1. The second kappa shape index (κ2) is 5.47. The number of alkyl halides is 1. The van der Waals surface area contributed by atoms with E-state index in [2.05, 4.69) is 20.9 Å². The molecule has 1 aromatic heterocycles. The maximum atomic E-state index is 10.4. The van der Waals surface area contributed by atoms with Gasteiger partial charge < -0.3 is 4.74 Å². The Labute approximate surface area is 89.3 Å². The van der Waals surface area contributed by atoms with E-state index in [-0.39, 0.29) is 4.83 Å². The fraction of sp³-hybridized carbons (Fsp3) is 0.500. The first-order chi connectivity index (χ1) is 6.27. The molecule has 3 nitrogen and oxygen atoms in total. The van der Waals surface area contributed by atoms with Gasteiger partial charge in [-0.2, -0.15) is 0 Å². The molecule has 0 aliphatic heterocycles. The van der Waals surface area contributed by atoms with Crippen molar-refractivity contribution in [3.05, 3.63) is 16.1 Å². The van der Waals surface area contributed by atoms with Crippen molar-refractivity contribution in [2.75, 3.05) is 13.7 Å². The molecule has 5 heteroatoms. The van der Waals surface area contributed by atoms with E-state index in [1.54, 1.807) is 12.5 Å². The lowest BCUT2D eigenvalue weighted by Gasteiger charge is -2.03. The van der Waals surface area contributed by atoms with Gasteiger partial charge in [-0.05, 0) is 6.42 Å². The molecule has 0 N–H and O–H groups in total. The van der Waals surface area contributed by atoms with Gasteiger partial charge in [0.25, 0.3) is 0 Å². The second-order valence-electron chi connectivity index (χ2n) is 2.48. The number of nitrogens with zero attached hydrogens (tertiary/aromatic N) is 1. The fourth-order valence-electron chi connectivity index (χ4n) is 0.843. The number of ether oxygens (including phenoxy) is 1. The van der Waals surface area contributed by atoms with Crippen LogP contribution in [-0.2, 0) is 4.74 Å². The molecule has 1 rings (SSSR count). The number of halogens is 1. The highest BCUT2D eigenvalue weighted by molar-refractivity contribution is 9.09. The number of rotatable bonds is 5. The fourth-order valence-corrected chi connectivity index (χ4v) is 2.23. The van der Waals surface area contributed by atoms with Gasteiger partial charge in [0.1, 0.15) is 10.7 Å². The lowest BCUT2D eigenvalue weighted by atomic mass is 10.3. The highest BCUT2D eigenvalue weighted by Gasteiger charge is 2.11.